The van der Waals surface area contributed by atoms with E-state index >= 15 is 0 Å². The maximum absolute atomic E-state index is 5.32. The Bertz CT molecular complexity index is 369. The van der Waals surface area contributed by atoms with Gasteiger partial charge in [0.15, 0.2) is 5.82 Å². The Balaban J connectivity index is 2.01. The number of aromatic nitrogens is 2. The van der Waals surface area contributed by atoms with E-state index in [2.05, 4.69) is 48.1 Å². The predicted octanol–water partition coefficient (Wildman–Crippen LogP) is 1.16. The fourth-order valence-electron chi connectivity index (χ4n) is 1.92. The lowest BCUT2D eigenvalue weighted by molar-refractivity contribution is 0.146. The van der Waals surface area contributed by atoms with Crippen molar-refractivity contribution < 1.29 is 4.52 Å². The number of hydrogen-bond donors (Lipinski definition) is 1. The van der Waals surface area contributed by atoms with E-state index in [0.29, 0.717) is 6.04 Å². The molecule has 1 aromatic rings. The summed E-state index contributed by atoms with van der Waals surface area (Å²) in [5.41, 5.74) is -0.0448. The average molecular weight is 238 g/mol. The van der Waals surface area contributed by atoms with Crippen molar-refractivity contribution >= 4 is 0 Å². The molecule has 1 fully saturated rings. The monoisotopic (exact) mass is 238 g/mol. The summed E-state index contributed by atoms with van der Waals surface area (Å²) in [5.74, 6) is 1.51. The largest absolute Gasteiger partial charge is 0.338 e. The molecule has 2 rings (SSSR count). The highest BCUT2D eigenvalue weighted by molar-refractivity contribution is 5.00. The van der Waals surface area contributed by atoms with Crippen molar-refractivity contribution in [2.24, 2.45) is 0 Å². The summed E-state index contributed by atoms with van der Waals surface area (Å²) in [4.78, 5) is 6.84. The topological polar surface area (TPSA) is 54.2 Å². The number of nitrogens with zero attached hydrogens (tertiary/aromatic N) is 3. The highest BCUT2D eigenvalue weighted by Crippen LogP contribution is 2.19. The Labute approximate surface area is 103 Å². The Morgan fingerprint density at radius 2 is 2.24 bits per heavy atom. The van der Waals surface area contributed by atoms with Gasteiger partial charge < -0.3 is 9.84 Å². The van der Waals surface area contributed by atoms with Gasteiger partial charge in [0.2, 0.25) is 5.89 Å². The van der Waals surface area contributed by atoms with Crippen LogP contribution in [0.1, 0.15) is 39.4 Å². The fraction of sp³-hybridized carbons (Fsp3) is 0.833. The zero-order valence-corrected chi connectivity index (χ0v) is 11.2. The first-order valence-electron chi connectivity index (χ1n) is 6.24. The number of hydrogen-bond acceptors (Lipinski definition) is 5. The van der Waals surface area contributed by atoms with Crippen LogP contribution in [0.25, 0.3) is 0 Å². The number of nitrogens with one attached hydrogen (secondary N) is 1. The lowest BCUT2D eigenvalue weighted by Gasteiger charge is -2.32. The van der Waals surface area contributed by atoms with Crippen molar-refractivity contribution in [1.82, 2.24) is 20.4 Å². The van der Waals surface area contributed by atoms with E-state index in [1.807, 2.05) is 0 Å². The van der Waals surface area contributed by atoms with E-state index in [0.717, 1.165) is 37.9 Å². The van der Waals surface area contributed by atoms with Crippen LogP contribution < -0.4 is 5.32 Å². The number of piperazine rings is 1. The van der Waals surface area contributed by atoms with E-state index in [-0.39, 0.29) is 5.41 Å². The lowest BCUT2D eigenvalue weighted by Crippen LogP contribution is -2.49. The van der Waals surface area contributed by atoms with Crippen LogP contribution >= 0.6 is 0 Å². The molecule has 5 nitrogen and oxygen atoms in total. The molecular formula is C12H22N4O. The van der Waals surface area contributed by atoms with Gasteiger partial charge in [-0.1, -0.05) is 25.9 Å². The highest BCUT2D eigenvalue weighted by Gasteiger charge is 2.24. The second-order valence-corrected chi connectivity index (χ2v) is 5.79. The van der Waals surface area contributed by atoms with E-state index in [4.69, 9.17) is 4.52 Å². The van der Waals surface area contributed by atoms with Crippen LogP contribution in [-0.2, 0) is 12.0 Å². The minimum atomic E-state index is -0.0448. The van der Waals surface area contributed by atoms with Crippen LogP contribution in [0.5, 0.6) is 0 Å². The molecule has 2 heterocycles. The van der Waals surface area contributed by atoms with Gasteiger partial charge in [0.25, 0.3) is 0 Å². The smallest absolute Gasteiger partial charge is 0.240 e. The van der Waals surface area contributed by atoms with Gasteiger partial charge in [-0.2, -0.15) is 4.98 Å². The molecule has 17 heavy (non-hydrogen) atoms. The molecule has 96 valence electrons. The minimum Gasteiger partial charge on any atom is -0.338 e. The summed E-state index contributed by atoms with van der Waals surface area (Å²) >= 11 is 0. The molecule has 1 N–H and O–H groups in total. The molecule has 1 atom stereocenters. The summed E-state index contributed by atoms with van der Waals surface area (Å²) in [6.07, 6.45) is 0. The van der Waals surface area contributed by atoms with Gasteiger partial charge in [0.1, 0.15) is 0 Å². The maximum atomic E-state index is 5.32. The Morgan fingerprint density at radius 3 is 2.82 bits per heavy atom. The van der Waals surface area contributed by atoms with E-state index in [1.54, 1.807) is 0 Å². The summed E-state index contributed by atoms with van der Waals surface area (Å²) in [5, 5.41) is 7.42. The third-order valence-electron chi connectivity index (χ3n) is 3.12. The highest BCUT2D eigenvalue weighted by atomic mass is 16.5. The molecule has 0 spiro atoms. The van der Waals surface area contributed by atoms with E-state index in [9.17, 15) is 0 Å². The SMILES string of the molecule is CC1CNCCN1Cc1nc(C(C)(C)C)no1. The summed E-state index contributed by atoms with van der Waals surface area (Å²) in [7, 11) is 0. The van der Waals surface area contributed by atoms with Crippen molar-refractivity contribution in [2.75, 3.05) is 19.6 Å². The van der Waals surface area contributed by atoms with Gasteiger partial charge in [-0.15, -0.1) is 0 Å². The van der Waals surface area contributed by atoms with Gasteiger partial charge in [-0.3, -0.25) is 4.90 Å². The van der Waals surface area contributed by atoms with Crippen molar-refractivity contribution in [3.63, 3.8) is 0 Å². The summed E-state index contributed by atoms with van der Waals surface area (Å²) in [6, 6.07) is 0.522. The first kappa shape index (κ1) is 12.5. The second kappa shape index (κ2) is 4.74. The van der Waals surface area contributed by atoms with Crippen molar-refractivity contribution in [3.05, 3.63) is 11.7 Å². The molecular weight excluding hydrogens is 216 g/mol. The molecule has 0 aromatic carbocycles. The molecule has 0 saturated carbocycles. The molecule has 0 amide bonds. The van der Waals surface area contributed by atoms with Crippen LogP contribution in [0.2, 0.25) is 0 Å². The third kappa shape index (κ3) is 3.04. The Kier molecular flexibility index (Phi) is 3.49. The van der Waals surface area contributed by atoms with Crippen molar-refractivity contribution in [3.8, 4) is 0 Å². The first-order valence-corrected chi connectivity index (χ1v) is 6.24. The molecule has 0 radical (unpaired) electrons. The molecule has 1 aliphatic rings. The Morgan fingerprint density at radius 1 is 1.47 bits per heavy atom. The predicted molar refractivity (Wildman–Crippen MR) is 65.7 cm³/mol. The van der Waals surface area contributed by atoms with Gasteiger partial charge in [0.05, 0.1) is 6.54 Å². The van der Waals surface area contributed by atoms with Crippen molar-refractivity contribution in [2.45, 2.75) is 45.7 Å². The normalized spacial score (nSPS) is 22.9. The lowest BCUT2D eigenvalue weighted by atomic mass is 9.96. The van der Waals surface area contributed by atoms with Crippen LogP contribution in [0.15, 0.2) is 4.52 Å². The minimum absolute atomic E-state index is 0.0448. The van der Waals surface area contributed by atoms with Crippen LogP contribution in [0, 0.1) is 0 Å². The zero-order valence-electron chi connectivity index (χ0n) is 11.2. The van der Waals surface area contributed by atoms with Gasteiger partial charge in [-0.25, -0.2) is 0 Å². The van der Waals surface area contributed by atoms with E-state index in [1.165, 1.54) is 0 Å². The molecule has 0 aliphatic carbocycles. The molecule has 0 bridgehead atoms. The van der Waals surface area contributed by atoms with Gasteiger partial charge in [-0.05, 0) is 6.92 Å². The summed E-state index contributed by atoms with van der Waals surface area (Å²) in [6.45, 7) is 12.3. The molecule has 5 heteroatoms. The maximum Gasteiger partial charge on any atom is 0.240 e. The Hall–Kier alpha value is -0.940. The van der Waals surface area contributed by atoms with E-state index < -0.39 is 0 Å². The number of rotatable bonds is 2. The second-order valence-electron chi connectivity index (χ2n) is 5.79. The quantitative estimate of drug-likeness (QED) is 0.838. The average Bonchev–Trinajstić information content (AvgIpc) is 2.69. The standard InChI is InChI=1S/C12H22N4O/c1-9-7-13-5-6-16(9)8-10-14-11(15-17-10)12(2,3)4/h9,13H,5-8H2,1-4H3. The molecule has 1 aromatic heterocycles. The van der Waals surface area contributed by atoms with Gasteiger partial charge in [0, 0.05) is 31.1 Å². The van der Waals surface area contributed by atoms with Gasteiger partial charge >= 0.3 is 0 Å². The van der Waals surface area contributed by atoms with Crippen LogP contribution in [-0.4, -0.2) is 40.7 Å². The van der Waals surface area contributed by atoms with Crippen LogP contribution in [0.4, 0.5) is 0 Å². The summed E-state index contributed by atoms with van der Waals surface area (Å²) < 4.78 is 5.32. The molecule has 1 unspecified atom stereocenters. The zero-order chi connectivity index (χ0) is 12.5. The molecule has 1 aliphatic heterocycles. The molecule has 1 saturated heterocycles. The third-order valence-corrected chi connectivity index (χ3v) is 3.12. The van der Waals surface area contributed by atoms with Crippen LogP contribution in [0.3, 0.4) is 0 Å². The van der Waals surface area contributed by atoms with Crippen molar-refractivity contribution in [1.29, 1.82) is 0 Å². The fourth-order valence-corrected chi connectivity index (χ4v) is 1.92. The first-order chi connectivity index (χ1) is 7.97.